The maximum absolute atomic E-state index is 5.65. The molecule has 0 aliphatic carbocycles. The standard InChI is InChI=1S/C4H3BrCl2N2/c5-4(7)8-2-1-3(6)9-4/h1-2,9H/t4-/m1/s1. The van der Waals surface area contributed by atoms with Crippen molar-refractivity contribution < 1.29 is 0 Å². The summed E-state index contributed by atoms with van der Waals surface area (Å²) in [7, 11) is 0. The van der Waals surface area contributed by atoms with Crippen LogP contribution in [0.2, 0.25) is 0 Å². The Morgan fingerprint density at radius 1 is 1.78 bits per heavy atom. The second-order valence-electron chi connectivity index (χ2n) is 1.46. The molecule has 0 amide bonds. The third-order valence-corrected chi connectivity index (χ3v) is 1.54. The lowest BCUT2D eigenvalue weighted by Gasteiger charge is -2.19. The summed E-state index contributed by atoms with van der Waals surface area (Å²) in [6, 6.07) is 0. The summed E-state index contributed by atoms with van der Waals surface area (Å²) in [6.07, 6.45) is 3.14. The van der Waals surface area contributed by atoms with Gasteiger partial charge in [0.2, 0.25) is 0 Å². The molecule has 50 valence electrons. The summed E-state index contributed by atoms with van der Waals surface area (Å²) in [5.74, 6) is 0. The lowest BCUT2D eigenvalue weighted by Crippen LogP contribution is -2.31. The van der Waals surface area contributed by atoms with Gasteiger partial charge in [-0.3, -0.25) is 0 Å². The van der Waals surface area contributed by atoms with Crippen LogP contribution >= 0.6 is 39.1 Å². The fourth-order valence-electron chi connectivity index (χ4n) is 0.414. The molecule has 1 rings (SSSR count). The molecule has 0 fully saturated rings. The van der Waals surface area contributed by atoms with Gasteiger partial charge in [-0.1, -0.05) is 23.2 Å². The van der Waals surface area contributed by atoms with Crippen LogP contribution in [0.25, 0.3) is 0 Å². The van der Waals surface area contributed by atoms with Crippen molar-refractivity contribution in [3.05, 3.63) is 11.2 Å². The Labute approximate surface area is 71.1 Å². The van der Waals surface area contributed by atoms with Gasteiger partial charge in [-0.05, 0) is 22.0 Å². The molecule has 1 N–H and O–H groups in total. The van der Waals surface area contributed by atoms with Gasteiger partial charge in [-0.2, -0.15) is 0 Å². The number of halogens is 3. The van der Waals surface area contributed by atoms with Crippen LogP contribution in [0.15, 0.2) is 16.2 Å². The molecular weight excluding hydrogens is 227 g/mol. The Morgan fingerprint density at radius 2 is 2.44 bits per heavy atom. The van der Waals surface area contributed by atoms with E-state index >= 15 is 0 Å². The molecule has 1 aliphatic rings. The molecule has 0 radical (unpaired) electrons. The van der Waals surface area contributed by atoms with E-state index < -0.39 is 4.03 Å². The van der Waals surface area contributed by atoms with Crippen molar-refractivity contribution in [3.8, 4) is 0 Å². The van der Waals surface area contributed by atoms with E-state index in [1.165, 1.54) is 6.21 Å². The van der Waals surface area contributed by atoms with E-state index in [1.807, 2.05) is 0 Å². The van der Waals surface area contributed by atoms with Gasteiger partial charge in [-0.25, -0.2) is 4.99 Å². The average Bonchev–Trinajstić information content (AvgIpc) is 1.60. The number of nitrogens with zero attached hydrogens (tertiary/aromatic N) is 1. The summed E-state index contributed by atoms with van der Waals surface area (Å²) < 4.78 is -0.946. The van der Waals surface area contributed by atoms with Crippen molar-refractivity contribution in [2.75, 3.05) is 0 Å². The van der Waals surface area contributed by atoms with Crippen molar-refractivity contribution in [1.29, 1.82) is 0 Å². The summed E-state index contributed by atoms with van der Waals surface area (Å²) in [5, 5.41) is 3.14. The minimum Gasteiger partial charge on any atom is -0.330 e. The Hall–Kier alpha value is 0.270. The smallest absolute Gasteiger partial charge is 0.264 e. The zero-order chi connectivity index (χ0) is 6.91. The highest BCUT2D eigenvalue weighted by molar-refractivity contribution is 9.10. The number of rotatable bonds is 0. The number of allylic oxidation sites excluding steroid dienone is 1. The van der Waals surface area contributed by atoms with Gasteiger partial charge in [0.1, 0.15) is 5.16 Å². The maximum atomic E-state index is 5.65. The Bertz CT molecular complexity index is 175. The van der Waals surface area contributed by atoms with E-state index in [2.05, 4.69) is 26.2 Å². The highest BCUT2D eigenvalue weighted by Crippen LogP contribution is 2.25. The quantitative estimate of drug-likeness (QED) is 0.499. The van der Waals surface area contributed by atoms with E-state index in [-0.39, 0.29) is 0 Å². The molecule has 1 aliphatic heterocycles. The first-order valence-electron chi connectivity index (χ1n) is 2.17. The Morgan fingerprint density at radius 3 is 2.78 bits per heavy atom. The first kappa shape index (κ1) is 7.38. The van der Waals surface area contributed by atoms with E-state index in [9.17, 15) is 0 Å². The molecule has 0 aromatic rings. The molecule has 1 atom stereocenters. The van der Waals surface area contributed by atoms with Crippen LogP contribution in [0.5, 0.6) is 0 Å². The molecule has 1 heterocycles. The second-order valence-corrected chi connectivity index (χ2v) is 4.02. The highest BCUT2D eigenvalue weighted by Gasteiger charge is 2.22. The normalized spacial score (nSPS) is 33.4. The number of nitrogens with one attached hydrogen (secondary N) is 1. The molecule has 0 aromatic heterocycles. The number of alkyl halides is 2. The lowest BCUT2D eigenvalue weighted by molar-refractivity contribution is 0.748. The third-order valence-electron chi connectivity index (χ3n) is 0.727. The van der Waals surface area contributed by atoms with E-state index in [4.69, 9.17) is 23.2 Å². The molecule has 2 nitrogen and oxygen atoms in total. The summed E-state index contributed by atoms with van der Waals surface area (Å²) in [4.78, 5) is 3.80. The SMILES string of the molecule is ClC1=CC=N[C@](Cl)(Br)N1. The van der Waals surface area contributed by atoms with Gasteiger partial charge in [0, 0.05) is 6.21 Å². The summed E-state index contributed by atoms with van der Waals surface area (Å²) in [5.41, 5.74) is 0. The van der Waals surface area contributed by atoms with Crippen molar-refractivity contribution in [2.24, 2.45) is 4.99 Å². The van der Waals surface area contributed by atoms with Gasteiger partial charge in [0.15, 0.2) is 0 Å². The van der Waals surface area contributed by atoms with Gasteiger partial charge in [0.25, 0.3) is 4.03 Å². The van der Waals surface area contributed by atoms with Gasteiger partial charge >= 0.3 is 0 Å². The predicted molar refractivity (Wildman–Crippen MR) is 43.1 cm³/mol. The van der Waals surface area contributed by atoms with Crippen LogP contribution in [0.3, 0.4) is 0 Å². The van der Waals surface area contributed by atoms with Gasteiger partial charge < -0.3 is 5.32 Å². The number of hydrogen-bond acceptors (Lipinski definition) is 2. The Balaban J connectivity index is 2.73. The monoisotopic (exact) mass is 228 g/mol. The summed E-state index contributed by atoms with van der Waals surface area (Å²) >= 11 is 14.3. The largest absolute Gasteiger partial charge is 0.330 e. The average molecular weight is 230 g/mol. The molecule has 0 bridgehead atoms. The van der Waals surface area contributed by atoms with Crippen LogP contribution in [-0.4, -0.2) is 10.2 Å². The minimum absolute atomic E-state index is 0.469. The van der Waals surface area contributed by atoms with Crippen LogP contribution in [0.1, 0.15) is 0 Å². The van der Waals surface area contributed by atoms with Crippen LogP contribution in [0.4, 0.5) is 0 Å². The molecule has 0 unspecified atom stereocenters. The van der Waals surface area contributed by atoms with E-state index in [0.29, 0.717) is 5.16 Å². The van der Waals surface area contributed by atoms with Crippen molar-refractivity contribution in [2.45, 2.75) is 4.03 Å². The van der Waals surface area contributed by atoms with Crippen LogP contribution < -0.4 is 5.32 Å². The fourth-order valence-corrected chi connectivity index (χ4v) is 1.26. The highest BCUT2D eigenvalue weighted by atomic mass is 79.9. The van der Waals surface area contributed by atoms with Gasteiger partial charge in [0.05, 0.1) is 0 Å². The molecule has 9 heavy (non-hydrogen) atoms. The van der Waals surface area contributed by atoms with Gasteiger partial charge in [-0.15, -0.1) is 0 Å². The van der Waals surface area contributed by atoms with E-state index in [0.717, 1.165) is 0 Å². The molecule has 0 aromatic carbocycles. The van der Waals surface area contributed by atoms with Crippen LogP contribution in [-0.2, 0) is 0 Å². The molecule has 5 heteroatoms. The van der Waals surface area contributed by atoms with Crippen molar-refractivity contribution in [3.63, 3.8) is 0 Å². The molecular formula is C4H3BrCl2N2. The maximum Gasteiger partial charge on any atom is 0.264 e. The molecule has 0 saturated heterocycles. The van der Waals surface area contributed by atoms with Crippen molar-refractivity contribution >= 4 is 45.3 Å². The first-order chi connectivity index (χ1) is 4.10. The first-order valence-corrected chi connectivity index (χ1v) is 3.72. The molecule has 0 spiro atoms. The van der Waals surface area contributed by atoms with Crippen molar-refractivity contribution in [1.82, 2.24) is 5.32 Å². The molecule has 0 saturated carbocycles. The Kier molecular flexibility index (Phi) is 2.03. The second kappa shape index (κ2) is 2.48. The number of aliphatic imine (C=N–C) groups is 1. The predicted octanol–water partition coefficient (Wildman–Crippen LogP) is 1.99. The zero-order valence-electron chi connectivity index (χ0n) is 4.24. The minimum atomic E-state index is -0.946. The fraction of sp³-hybridized carbons (Fsp3) is 0.250. The zero-order valence-corrected chi connectivity index (χ0v) is 7.33. The van der Waals surface area contributed by atoms with E-state index in [1.54, 1.807) is 6.08 Å². The number of hydrogen-bond donors (Lipinski definition) is 1. The topological polar surface area (TPSA) is 24.4 Å². The summed E-state index contributed by atoms with van der Waals surface area (Å²) in [6.45, 7) is 0. The third kappa shape index (κ3) is 2.16. The van der Waals surface area contributed by atoms with Crippen LogP contribution in [0, 0.1) is 0 Å². The lowest BCUT2D eigenvalue weighted by atomic mass is 10.6.